The predicted octanol–water partition coefficient (Wildman–Crippen LogP) is 0.392. The van der Waals surface area contributed by atoms with Gasteiger partial charge in [-0.15, -0.1) is 8.42 Å². The first-order chi connectivity index (χ1) is 5.94. The molecule has 78 valence electrons. The molecule has 6 heteroatoms. The third-order valence-electron chi connectivity index (χ3n) is 2.77. The molecule has 5 nitrogen and oxygen atoms in total. The number of hydrogen-bond acceptors (Lipinski definition) is 3. The Morgan fingerprint density at radius 3 is 2.54 bits per heavy atom. The van der Waals surface area contributed by atoms with Crippen molar-refractivity contribution in [3.8, 4) is 0 Å². The minimum absolute atomic E-state index is 0.0278. The molecule has 0 aliphatic carbocycles. The van der Waals surface area contributed by atoms with Gasteiger partial charge in [0.1, 0.15) is 6.04 Å². The summed E-state index contributed by atoms with van der Waals surface area (Å²) in [5, 5.41) is 0. The maximum Gasteiger partial charge on any atom is 0.435 e. The molecule has 0 amide bonds. The first kappa shape index (κ1) is 10.9. The van der Waals surface area contributed by atoms with Crippen LogP contribution in [-0.4, -0.2) is 43.3 Å². The number of nitrogens with zero attached hydrogens (tertiary/aromatic N) is 1. The van der Waals surface area contributed by atoms with Crippen LogP contribution in [0.1, 0.15) is 19.8 Å². The van der Waals surface area contributed by atoms with Crippen molar-refractivity contribution in [1.29, 1.82) is 0 Å². The van der Waals surface area contributed by atoms with Crippen LogP contribution in [0.2, 0.25) is 0 Å². The van der Waals surface area contributed by atoms with Crippen molar-refractivity contribution >= 4 is 10.3 Å². The van der Waals surface area contributed by atoms with E-state index >= 15 is 0 Å². The van der Waals surface area contributed by atoms with Crippen molar-refractivity contribution in [3.05, 3.63) is 0 Å². The zero-order valence-electron chi connectivity index (χ0n) is 7.93. The molecule has 1 fully saturated rings. The van der Waals surface area contributed by atoms with Gasteiger partial charge in [-0.2, -0.15) is 3.89 Å². The quantitative estimate of drug-likeness (QED) is 0.540. The zero-order chi connectivity index (χ0) is 10.1. The van der Waals surface area contributed by atoms with Crippen LogP contribution >= 0.6 is 0 Å². The van der Waals surface area contributed by atoms with Crippen LogP contribution in [0.15, 0.2) is 0 Å². The van der Waals surface area contributed by atoms with E-state index in [9.17, 15) is 8.42 Å². The average molecular weight is 210 g/mol. The molecule has 1 heterocycles. The van der Waals surface area contributed by atoms with Crippen LogP contribution < -0.4 is 0 Å². The summed E-state index contributed by atoms with van der Waals surface area (Å²) in [5.41, 5.74) is 0. The van der Waals surface area contributed by atoms with Gasteiger partial charge in [-0.3, -0.25) is 0 Å². The highest BCUT2D eigenvalue weighted by atomic mass is 32.2. The number of rotatable bonds is 3. The Labute approximate surface area is 78.8 Å². The molecule has 1 aliphatic heterocycles. The third-order valence-corrected chi connectivity index (χ3v) is 4.34. The summed E-state index contributed by atoms with van der Waals surface area (Å²) >= 11 is 0. The highest BCUT2D eigenvalue weighted by Crippen LogP contribution is 2.30. The van der Waals surface area contributed by atoms with Gasteiger partial charge in [0.2, 0.25) is 0 Å². The second-order valence-corrected chi connectivity index (χ2v) is 5.16. The number of likely N-dealkylation sites (tertiary alicyclic amines) is 1. The summed E-state index contributed by atoms with van der Waals surface area (Å²) in [6.45, 7) is 2.29. The Hall–Kier alpha value is -0.170. The lowest BCUT2D eigenvalue weighted by Crippen LogP contribution is -2.55. The maximum absolute atomic E-state index is 11.2. The van der Waals surface area contributed by atoms with Crippen molar-refractivity contribution in [1.82, 2.24) is 0 Å². The highest BCUT2D eigenvalue weighted by molar-refractivity contribution is 7.80. The van der Waals surface area contributed by atoms with Gasteiger partial charge in [0, 0.05) is 20.0 Å². The fraction of sp³-hybridized carbons (Fsp3) is 1.00. The molecule has 0 saturated carbocycles. The second-order valence-electron chi connectivity index (χ2n) is 3.53. The summed E-state index contributed by atoms with van der Waals surface area (Å²) in [4.78, 5) is 0. The van der Waals surface area contributed by atoms with E-state index in [1.807, 2.05) is 6.92 Å². The van der Waals surface area contributed by atoms with Gasteiger partial charge in [-0.25, -0.2) is 4.55 Å². The average Bonchev–Trinajstić information content (AvgIpc) is 2.33. The van der Waals surface area contributed by atoms with Crippen LogP contribution in [0.25, 0.3) is 0 Å². The lowest BCUT2D eigenvalue weighted by Gasteiger charge is -2.32. The summed E-state index contributed by atoms with van der Waals surface area (Å²) in [6, 6.07) is -0.0880. The van der Waals surface area contributed by atoms with Gasteiger partial charge in [0.15, 0.2) is 6.73 Å². The minimum atomic E-state index is -4.06. The predicted molar refractivity (Wildman–Crippen MR) is 47.2 cm³/mol. The van der Waals surface area contributed by atoms with E-state index < -0.39 is 10.3 Å². The van der Waals surface area contributed by atoms with Crippen LogP contribution in [0.4, 0.5) is 0 Å². The van der Waals surface area contributed by atoms with Crippen molar-refractivity contribution in [2.45, 2.75) is 25.8 Å². The number of ether oxygens (including phenoxy) is 1. The standard InChI is InChI=1S/C7H15NO4S/c1-7-4-3-5-8(7,6-12-2)13(9,10)11/h7H,3-6H2,1-2H3/p+1. The molecular formula is C7H16NO4S+. The fourth-order valence-corrected chi connectivity index (χ4v) is 3.09. The molecule has 0 radical (unpaired) electrons. The summed E-state index contributed by atoms with van der Waals surface area (Å²) in [7, 11) is -2.62. The van der Waals surface area contributed by atoms with Crippen molar-refractivity contribution < 1.29 is 21.6 Å². The lowest BCUT2D eigenvalue weighted by molar-refractivity contribution is -0.842. The van der Waals surface area contributed by atoms with E-state index in [1.165, 1.54) is 7.11 Å². The van der Waals surface area contributed by atoms with Gasteiger partial charge in [0.25, 0.3) is 0 Å². The Morgan fingerprint density at radius 2 is 2.23 bits per heavy atom. The van der Waals surface area contributed by atoms with Crippen LogP contribution in [-0.2, 0) is 15.0 Å². The smallest absolute Gasteiger partial charge is 0.334 e. The van der Waals surface area contributed by atoms with Gasteiger partial charge in [-0.05, 0) is 6.92 Å². The summed E-state index contributed by atoms with van der Waals surface area (Å²) < 4.78 is 36.1. The number of methoxy groups -OCH3 is 1. The topological polar surface area (TPSA) is 63.6 Å². The van der Waals surface area contributed by atoms with E-state index in [1.54, 1.807) is 0 Å². The minimum Gasteiger partial charge on any atom is -0.334 e. The third kappa shape index (κ3) is 1.71. The molecule has 0 aromatic rings. The molecule has 0 aromatic carbocycles. The van der Waals surface area contributed by atoms with Crippen molar-refractivity contribution in [2.75, 3.05) is 20.4 Å². The molecule has 0 spiro atoms. The molecule has 0 bridgehead atoms. The number of hydrogen-bond donors (Lipinski definition) is 1. The molecule has 1 saturated heterocycles. The van der Waals surface area contributed by atoms with Gasteiger partial charge < -0.3 is 4.74 Å². The zero-order valence-corrected chi connectivity index (χ0v) is 8.75. The van der Waals surface area contributed by atoms with Gasteiger partial charge in [0.05, 0.1) is 6.54 Å². The molecule has 1 rings (SSSR count). The van der Waals surface area contributed by atoms with Crippen LogP contribution in [0.3, 0.4) is 0 Å². The van der Waals surface area contributed by atoms with Crippen molar-refractivity contribution in [3.63, 3.8) is 0 Å². The Kier molecular flexibility index (Phi) is 2.96. The molecule has 13 heavy (non-hydrogen) atoms. The van der Waals surface area contributed by atoms with Crippen LogP contribution in [0.5, 0.6) is 0 Å². The van der Waals surface area contributed by atoms with E-state index in [-0.39, 0.29) is 16.7 Å². The molecule has 2 atom stereocenters. The molecule has 1 N–H and O–H groups in total. The second kappa shape index (κ2) is 3.53. The molecule has 2 unspecified atom stereocenters. The van der Waals surface area contributed by atoms with E-state index in [4.69, 9.17) is 9.29 Å². The Bertz CT molecular complexity index is 276. The van der Waals surface area contributed by atoms with Crippen molar-refractivity contribution in [2.24, 2.45) is 0 Å². The van der Waals surface area contributed by atoms with E-state index in [0.717, 1.165) is 12.8 Å². The number of quaternary nitrogens is 1. The monoisotopic (exact) mass is 210 g/mol. The van der Waals surface area contributed by atoms with E-state index in [2.05, 4.69) is 0 Å². The van der Waals surface area contributed by atoms with Gasteiger partial charge in [-0.1, -0.05) is 0 Å². The first-order valence-electron chi connectivity index (χ1n) is 4.27. The summed E-state index contributed by atoms with van der Waals surface area (Å²) in [5.74, 6) is 0. The first-order valence-corrected chi connectivity index (χ1v) is 5.67. The van der Waals surface area contributed by atoms with Crippen LogP contribution in [0, 0.1) is 0 Å². The maximum atomic E-state index is 11.2. The molecule has 0 aromatic heterocycles. The molecule has 1 aliphatic rings. The highest BCUT2D eigenvalue weighted by Gasteiger charge is 2.49. The molecular weight excluding hydrogens is 194 g/mol. The normalized spacial score (nSPS) is 35.2. The largest absolute Gasteiger partial charge is 0.435 e. The lowest BCUT2D eigenvalue weighted by atomic mass is 10.2. The van der Waals surface area contributed by atoms with E-state index in [0.29, 0.717) is 6.54 Å². The Balaban J connectivity index is 3.01. The van der Waals surface area contributed by atoms with Gasteiger partial charge >= 0.3 is 10.3 Å². The Morgan fingerprint density at radius 1 is 1.62 bits per heavy atom. The fourth-order valence-electron chi connectivity index (χ4n) is 1.93. The SMILES string of the molecule is COC[N+]1(S(=O)(=O)O)CCCC1C. The summed E-state index contributed by atoms with van der Waals surface area (Å²) in [6.07, 6.45) is 1.62.